The standard InChI is InChI=1S/C31H40N6O6/c1-3-18(2)27(33)30(41)35-23(13-14-26(32)38)28(39)36-24(16-20-17-34-22-12-8-7-11-21(20)22)29(40)37-25(31(42)43)15-19-9-5-4-6-10-19/h4-12,17-18,23-25,27,34H,3,13-16,33H2,1-2H3,(H2,32,38)(H,35,41)(H,36,39)(H,37,40)(H,42,43). The van der Waals surface area contributed by atoms with E-state index in [-0.39, 0.29) is 31.6 Å². The highest BCUT2D eigenvalue weighted by molar-refractivity contribution is 5.95. The molecule has 0 saturated carbocycles. The van der Waals surface area contributed by atoms with Gasteiger partial charge in [-0.15, -0.1) is 0 Å². The molecule has 0 fully saturated rings. The summed E-state index contributed by atoms with van der Waals surface area (Å²) in [4.78, 5) is 66.7. The maximum absolute atomic E-state index is 13.6. The van der Waals surface area contributed by atoms with Gasteiger partial charge in [0.15, 0.2) is 0 Å². The minimum atomic E-state index is -1.27. The van der Waals surface area contributed by atoms with Gasteiger partial charge in [-0.25, -0.2) is 4.79 Å². The zero-order valence-corrected chi connectivity index (χ0v) is 24.3. The molecule has 0 aliphatic carbocycles. The van der Waals surface area contributed by atoms with Crippen molar-refractivity contribution in [1.29, 1.82) is 0 Å². The fourth-order valence-electron chi connectivity index (χ4n) is 4.66. The number of nitrogens with two attached hydrogens (primary N) is 2. The van der Waals surface area contributed by atoms with E-state index in [1.54, 1.807) is 43.5 Å². The van der Waals surface area contributed by atoms with Gasteiger partial charge in [0.1, 0.15) is 18.1 Å². The Morgan fingerprint density at radius 1 is 0.837 bits per heavy atom. The number of primary amides is 1. The van der Waals surface area contributed by atoms with Crippen molar-refractivity contribution in [2.45, 2.75) is 70.1 Å². The van der Waals surface area contributed by atoms with Crippen molar-refractivity contribution < 1.29 is 29.1 Å². The minimum absolute atomic E-state index is 0.0160. The summed E-state index contributed by atoms with van der Waals surface area (Å²) < 4.78 is 0. The van der Waals surface area contributed by atoms with E-state index in [0.717, 1.165) is 10.9 Å². The smallest absolute Gasteiger partial charge is 0.326 e. The SMILES string of the molecule is CCC(C)C(N)C(=O)NC(CCC(N)=O)C(=O)NC(Cc1c[nH]c2ccccc12)C(=O)NC(Cc1ccccc1)C(=O)O. The first-order valence-corrected chi connectivity index (χ1v) is 14.3. The van der Waals surface area contributed by atoms with E-state index in [2.05, 4.69) is 20.9 Å². The van der Waals surface area contributed by atoms with Gasteiger partial charge >= 0.3 is 5.97 Å². The molecule has 4 amide bonds. The number of H-pyrrole nitrogens is 1. The first-order chi connectivity index (χ1) is 20.5. The van der Waals surface area contributed by atoms with Crippen molar-refractivity contribution in [3.63, 3.8) is 0 Å². The molecule has 9 N–H and O–H groups in total. The highest BCUT2D eigenvalue weighted by Gasteiger charge is 2.32. The molecule has 12 heteroatoms. The van der Waals surface area contributed by atoms with Crippen molar-refractivity contribution in [2.75, 3.05) is 0 Å². The molecule has 5 atom stereocenters. The minimum Gasteiger partial charge on any atom is -0.480 e. The number of carboxylic acids is 1. The van der Waals surface area contributed by atoms with E-state index in [1.807, 2.05) is 31.2 Å². The average Bonchev–Trinajstić information content (AvgIpc) is 3.40. The van der Waals surface area contributed by atoms with Gasteiger partial charge in [0.05, 0.1) is 6.04 Å². The van der Waals surface area contributed by atoms with Crippen molar-refractivity contribution in [2.24, 2.45) is 17.4 Å². The van der Waals surface area contributed by atoms with Gasteiger partial charge in [-0.3, -0.25) is 19.2 Å². The summed E-state index contributed by atoms with van der Waals surface area (Å²) in [6.45, 7) is 3.68. The number of aromatic amines is 1. The van der Waals surface area contributed by atoms with Crippen molar-refractivity contribution >= 4 is 40.5 Å². The fraction of sp³-hybridized carbons (Fsp3) is 0.387. The second-order valence-electron chi connectivity index (χ2n) is 10.7. The summed E-state index contributed by atoms with van der Waals surface area (Å²) in [5.74, 6) is -4.11. The molecule has 43 heavy (non-hydrogen) atoms. The van der Waals surface area contributed by atoms with Crippen LogP contribution in [0.3, 0.4) is 0 Å². The Labute approximate surface area is 250 Å². The monoisotopic (exact) mass is 592 g/mol. The first-order valence-electron chi connectivity index (χ1n) is 14.3. The lowest BCUT2D eigenvalue weighted by atomic mass is 9.98. The molecule has 0 spiro atoms. The summed E-state index contributed by atoms with van der Waals surface area (Å²) >= 11 is 0. The molecular formula is C31H40N6O6. The van der Waals surface area contributed by atoms with E-state index in [9.17, 15) is 29.1 Å². The van der Waals surface area contributed by atoms with Crippen LogP contribution >= 0.6 is 0 Å². The average molecular weight is 593 g/mol. The second kappa shape index (κ2) is 15.5. The van der Waals surface area contributed by atoms with Gasteiger partial charge < -0.3 is 37.5 Å². The molecule has 5 unspecified atom stereocenters. The Bertz CT molecular complexity index is 1420. The number of aromatic nitrogens is 1. The van der Waals surface area contributed by atoms with Crippen molar-refractivity contribution in [1.82, 2.24) is 20.9 Å². The van der Waals surface area contributed by atoms with E-state index in [0.29, 0.717) is 17.5 Å². The molecule has 0 aliphatic rings. The molecular weight excluding hydrogens is 552 g/mol. The third-order valence-electron chi connectivity index (χ3n) is 7.50. The second-order valence-corrected chi connectivity index (χ2v) is 10.7. The number of carboxylic acid groups (broad SMARTS) is 1. The molecule has 0 radical (unpaired) electrons. The zero-order valence-electron chi connectivity index (χ0n) is 24.3. The maximum Gasteiger partial charge on any atom is 0.326 e. The summed E-state index contributed by atoms with van der Waals surface area (Å²) in [6, 6.07) is 11.7. The van der Waals surface area contributed by atoms with E-state index in [1.165, 1.54) is 0 Å². The third kappa shape index (κ3) is 9.40. The highest BCUT2D eigenvalue weighted by atomic mass is 16.4. The highest BCUT2D eigenvalue weighted by Crippen LogP contribution is 2.19. The van der Waals surface area contributed by atoms with Gasteiger partial charge in [-0.05, 0) is 29.5 Å². The molecule has 1 heterocycles. The molecule has 12 nitrogen and oxygen atoms in total. The maximum atomic E-state index is 13.6. The lowest BCUT2D eigenvalue weighted by Gasteiger charge is -2.26. The van der Waals surface area contributed by atoms with Crippen LogP contribution in [0.2, 0.25) is 0 Å². The molecule has 2 aromatic carbocycles. The van der Waals surface area contributed by atoms with E-state index < -0.39 is 53.8 Å². The number of amides is 4. The summed E-state index contributed by atoms with van der Waals surface area (Å²) in [5.41, 5.74) is 13.6. The summed E-state index contributed by atoms with van der Waals surface area (Å²) in [6.07, 6.45) is 2.07. The van der Waals surface area contributed by atoms with Gasteiger partial charge in [0, 0.05) is 36.4 Å². The number of nitrogens with one attached hydrogen (secondary N) is 4. The van der Waals surface area contributed by atoms with Crippen molar-refractivity contribution in [3.05, 3.63) is 71.9 Å². The first kappa shape index (κ1) is 32.8. The molecule has 0 bridgehead atoms. The zero-order chi connectivity index (χ0) is 31.5. The molecule has 0 aliphatic heterocycles. The van der Waals surface area contributed by atoms with Crippen LogP contribution in [0.5, 0.6) is 0 Å². The Hall–Kier alpha value is -4.71. The lowest BCUT2D eigenvalue weighted by Crippen LogP contribution is -2.58. The number of fused-ring (bicyclic) bond motifs is 1. The fourth-order valence-corrected chi connectivity index (χ4v) is 4.66. The molecule has 1 aromatic heterocycles. The van der Waals surface area contributed by atoms with Crippen LogP contribution in [0.25, 0.3) is 10.9 Å². The van der Waals surface area contributed by atoms with Crippen LogP contribution in [0.15, 0.2) is 60.8 Å². The molecule has 230 valence electrons. The predicted molar refractivity (Wildman–Crippen MR) is 161 cm³/mol. The van der Waals surface area contributed by atoms with Gasteiger partial charge in [-0.2, -0.15) is 0 Å². The third-order valence-corrected chi connectivity index (χ3v) is 7.50. The van der Waals surface area contributed by atoms with E-state index in [4.69, 9.17) is 11.5 Å². The topological polar surface area (TPSA) is 209 Å². The van der Waals surface area contributed by atoms with Gasteiger partial charge in [0.2, 0.25) is 23.6 Å². The number of aliphatic carboxylic acids is 1. The van der Waals surface area contributed by atoms with Gasteiger partial charge in [0.25, 0.3) is 0 Å². The molecule has 0 saturated heterocycles. The van der Waals surface area contributed by atoms with Crippen LogP contribution < -0.4 is 27.4 Å². The largest absolute Gasteiger partial charge is 0.480 e. The number of rotatable bonds is 16. The molecule has 3 rings (SSSR count). The van der Waals surface area contributed by atoms with E-state index >= 15 is 0 Å². The van der Waals surface area contributed by atoms with Crippen molar-refractivity contribution in [3.8, 4) is 0 Å². The quantitative estimate of drug-likeness (QED) is 0.129. The predicted octanol–water partition coefficient (Wildman–Crippen LogP) is 1.13. The van der Waals surface area contributed by atoms with Gasteiger partial charge in [-0.1, -0.05) is 68.8 Å². The number of carbonyl (C=O) groups is 5. The molecule has 3 aromatic rings. The Morgan fingerprint density at radius 3 is 2.09 bits per heavy atom. The summed E-state index contributed by atoms with van der Waals surface area (Å²) in [7, 11) is 0. The number of hydrogen-bond donors (Lipinski definition) is 7. The van der Waals surface area contributed by atoms with Crippen LogP contribution in [-0.2, 0) is 36.8 Å². The van der Waals surface area contributed by atoms with Crippen LogP contribution in [0.1, 0.15) is 44.2 Å². The van der Waals surface area contributed by atoms with Crippen LogP contribution in [0.4, 0.5) is 0 Å². The van der Waals surface area contributed by atoms with Crippen LogP contribution in [0, 0.1) is 5.92 Å². The number of hydrogen-bond acceptors (Lipinski definition) is 6. The number of carbonyl (C=O) groups excluding carboxylic acids is 4. The van der Waals surface area contributed by atoms with Crippen LogP contribution in [-0.4, -0.2) is 63.9 Å². The lowest BCUT2D eigenvalue weighted by molar-refractivity contribution is -0.142. The number of para-hydroxylation sites is 1. The Balaban J connectivity index is 1.87. The Kier molecular flexibility index (Phi) is 11.8. The number of benzene rings is 2. The normalized spacial score (nSPS) is 14.6. The Morgan fingerprint density at radius 2 is 1.44 bits per heavy atom. The summed E-state index contributed by atoms with van der Waals surface area (Å²) in [5, 5.41) is 18.5.